The van der Waals surface area contributed by atoms with Crippen molar-refractivity contribution in [1.82, 2.24) is 9.97 Å². The van der Waals surface area contributed by atoms with Crippen LogP contribution in [0.3, 0.4) is 0 Å². The fourth-order valence-electron chi connectivity index (χ4n) is 2.86. The van der Waals surface area contributed by atoms with Crippen LogP contribution in [0.2, 0.25) is 0 Å². The van der Waals surface area contributed by atoms with Gasteiger partial charge in [0.25, 0.3) is 5.56 Å². The molecule has 27 heavy (non-hydrogen) atoms. The minimum absolute atomic E-state index is 0.0206. The molecule has 2 N–H and O–H groups in total. The minimum Gasteiger partial charge on any atom is -0.388 e. The number of H-pyrrole nitrogens is 1. The van der Waals surface area contributed by atoms with Crippen molar-refractivity contribution < 1.29 is 5.11 Å². The molecule has 0 bridgehead atoms. The molecule has 2 unspecified atom stereocenters. The first-order chi connectivity index (χ1) is 13.1. The van der Waals surface area contributed by atoms with Gasteiger partial charge in [0.15, 0.2) is 0 Å². The largest absolute Gasteiger partial charge is 0.388 e. The molecule has 7 heteroatoms. The van der Waals surface area contributed by atoms with Gasteiger partial charge in [-0.3, -0.25) is 4.79 Å². The summed E-state index contributed by atoms with van der Waals surface area (Å²) in [6.45, 7) is 2.00. The third-order valence-electron chi connectivity index (χ3n) is 4.32. The number of benzene rings is 1. The van der Waals surface area contributed by atoms with E-state index >= 15 is 0 Å². The summed E-state index contributed by atoms with van der Waals surface area (Å²) in [5, 5.41) is 15.0. The Bertz CT molecular complexity index is 1090. The van der Waals surface area contributed by atoms with Gasteiger partial charge in [0.2, 0.25) is 0 Å². The van der Waals surface area contributed by atoms with Crippen LogP contribution in [0.25, 0.3) is 20.7 Å². The van der Waals surface area contributed by atoms with Gasteiger partial charge in [-0.15, -0.1) is 34.4 Å². The maximum Gasteiger partial charge on any atom is 0.260 e. The van der Waals surface area contributed by atoms with E-state index in [1.54, 1.807) is 23.1 Å². The second-order valence-corrected chi connectivity index (χ2v) is 9.34. The van der Waals surface area contributed by atoms with E-state index < -0.39 is 6.10 Å². The highest BCUT2D eigenvalue weighted by atomic mass is 32.2. The summed E-state index contributed by atoms with van der Waals surface area (Å²) in [5.74, 6) is 1.19. The average Bonchev–Trinajstić information content (AvgIpc) is 3.36. The van der Waals surface area contributed by atoms with Crippen LogP contribution >= 0.6 is 34.4 Å². The quantitative estimate of drug-likeness (QED) is 0.453. The molecule has 4 nitrogen and oxygen atoms in total. The van der Waals surface area contributed by atoms with Crippen LogP contribution in [-0.4, -0.2) is 20.8 Å². The molecule has 0 spiro atoms. The number of hydrogen-bond donors (Lipinski definition) is 2. The molecule has 3 heterocycles. The number of aromatic amines is 1. The molecule has 3 aromatic heterocycles. The molecular formula is C20H18N2O2S3. The molecule has 0 radical (unpaired) electrons. The van der Waals surface area contributed by atoms with E-state index in [1.165, 1.54) is 11.3 Å². The summed E-state index contributed by atoms with van der Waals surface area (Å²) in [5.41, 5.74) is 1.74. The highest BCUT2D eigenvalue weighted by molar-refractivity contribution is 7.99. The molecule has 0 aliphatic rings. The summed E-state index contributed by atoms with van der Waals surface area (Å²) in [4.78, 5) is 22.2. The molecule has 4 rings (SSSR count). The lowest BCUT2D eigenvalue weighted by molar-refractivity contribution is 0.204. The second kappa shape index (κ2) is 7.98. The molecule has 0 amide bonds. The van der Waals surface area contributed by atoms with E-state index in [4.69, 9.17) is 0 Å². The molecule has 0 fully saturated rings. The number of thiophene rings is 2. The smallest absolute Gasteiger partial charge is 0.260 e. The van der Waals surface area contributed by atoms with Crippen LogP contribution in [-0.2, 0) is 0 Å². The molecule has 0 saturated heterocycles. The minimum atomic E-state index is -0.540. The number of aliphatic hydroxyl groups is 1. The molecule has 1 aromatic carbocycles. The van der Waals surface area contributed by atoms with Crippen LogP contribution in [0.1, 0.15) is 29.7 Å². The van der Waals surface area contributed by atoms with Gasteiger partial charge in [-0.05, 0) is 23.9 Å². The fraction of sp³-hybridized carbons (Fsp3) is 0.200. The van der Waals surface area contributed by atoms with Gasteiger partial charge in [0, 0.05) is 21.6 Å². The zero-order chi connectivity index (χ0) is 18.8. The average molecular weight is 415 g/mol. The van der Waals surface area contributed by atoms with E-state index in [-0.39, 0.29) is 10.8 Å². The van der Waals surface area contributed by atoms with E-state index in [9.17, 15) is 9.90 Å². The van der Waals surface area contributed by atoms with Crippen molar-refractivity contribution in [2.75, 3.05) is 5.75 Å². The maximum atomic E-state index is 12.7. The number of aromatic nitrogens is 2. The van der Waals surface area contributed by atoms with Gasteiger partial charge in [0.1, 0.15) is 10.7 Å². The molecule has 2 atom stereocenters. The lowest BCUT2D eigenvalue weighted by Crippen LogP contribution is -2.13. The van der Waals surface area contributed by atoms with E-state index in [0.29, 0.717) is 17.0 Å². The van der Waals surface area contributed by atoms with Crippen molar-refractivity contribution in [2.24, 2.45) is 0 Å². The topological polar surface area (TPSA) is 66.0 Å². The highest BCUT2D eigenvalue weighted by Gasteiger charge is 2.18. The van der Waals surface area contributed by atoms with Crippen LogP contribution in [0.15, 0.2) is 58.0 Å². The van der Waals surface area contributed by atoms with Crippen LogP contribution in [0.4, 0.5) is 0 Å². The Morgan fingerprint density at radius 1 is 1.19 bits per heavy atom. The number of hydrogen-bond acceptors (Lipinski definition) is 6. The Balaban J connectivity index is 1.54. The Morgan fingerprint density at radius 2 is 2.00 bits per heavy atom. The third kappa shape index (κ3) is 3.87. The van der Waals surface area contributed by atoms with Crippen molar-refractivity contribution in [3.8, 4) is 10.4 Å². The summed E-state index contributed by atoms with van der Waals surface area (Å²) in [7, 11) is 0. The number of nitrogens with one attached hydrogen (secondary N) is 1. The normalized spacial score (nSPS) is 13.7. The maximum absolute atomic E-state index is 12.7. The summed E-state index contributed by atoms with van der Waals surface area (Å²) in [6, 6.07) is 13.6. The number of fused-ring (bicyclic) bond motifs is 1. The monoisotopic (exact) mass is 414 g/mol. The van der Waals surface area contributed by atoms with Crippen molar-refractivity contribution in [3.63, 3.8) is 0 Å². The fourth-order valence-corrected chi connectivity index (χ4v) is 5.56. The van der Waals surface area contributed by atoms with Crippen molar-refractivity contribution in [1.29, 1.82) is 0 Å². The number of thioether (sulfide) groups is 1. The number of rotatable bonds is 6. The first-order valence-electron chi connectivity index (χ1n) is 8.53. The first kappa shape index (κ1) is 18.4. The number of nitrogens with zero attached hydrogens (tertiary/aromatic N) is 1. The standard InChI is InChI=1S/C20H18N2O2S3/c1-12(26-11-15(23)13-6-3-2-4-7-13)18-21-19(24)17-14(10-27-20(17)22-18)16-8-5-9-25-16/h2-10,12,15,23H,11H2,1H3,(H,21,22,24). The lowest BCUT2D eigenvalue weighted by atomic mass is 10.1. The zero-order valence-corrected chi connectivity index (χ0v) is 17.0. The Hall–Kier alpha value is -1.93. The van der Waals surface area contributed by atoms with E-state index in [2.05, 4.69) is 9.97 Å². The molecular weight excluding hydrogens is 396 g/mol. The van der Waals surface area contributed by atoms with Crippen LogP contribution in [0, 0.1) is 0 Å². The second-order valence-electron chi connectivity index (χ2n) is 6.16. The molecule has 138 valence electrons. The highest BCUT2D eigenvalue weighted by Crippen LogP contribution is 2.35. The van der Waals surface area contributed by atoms with Gasteiger partial charge >= 0.3 is 0 Å². The lowest BCUT2D eigenvalue weighted by Gasteiger charge is -2.14. The van der Waals surface area contributed by atoms with Crippen molar-refractivity contribution in [2.45, 2.75) is 18.3 Å². The Morgan fingerprint density at radius 3 is 2.74 bits per heavy atom. The first-order valence-corrected chi connectivity index (χ1v) is 11.3. The molecule has 0 aliphatic heterocycles. The van der Waals surface area contributed by atoms with Crippen molar-refractivity contribution in [3.05, 3.63) is 75.0 Å². The van der Waals surface area contributed by atoms with Gasteiger partial charge in [0.05, 0.1) is 16.7 Å². The summed E-state index contributed by atoms with van der Waals surface area (Å²) < 4.78 is 0. The van der Waals surface area contributed by atoms with Gasteiger partial charge < -0.3 is 10.1 Å². The van der Waals surface area contributed by atoms with Crippen molar-refractivity contribution >= 4 is 44.7 Å². The molecule has 0 aliphatic carbocycles. The van der Waals surface area contributed by atoms with Crippen LogP contribution in [0.5, 0.6) is 0 Å². The van der Waals surface area contributed by atoms with Gasteiger partial charge in [-0.1, -0.05) is 36.4 Å². The predicted octanol–water partition coefficient (Wildman–Crippen LogP) is 5.24. The van der Waals surface area contributed by atoms with E-state index in [1.807, 2.05) is 60.1 Å². The van der Waals surface area contributed by atoms with Gasteiger partial charge in [-0.25, -0.2) is 4.98 Å². The third-order valence-corrected chi connectivity index (χ3v) is 7.33. The summed E-state index contributed by atoms with van der Waals surface area (Å²) >= 11 is 4.69. The van der Waals surface area contributed by atoms with Crippen LogP contribution < -0.4 is 5.56 Å². The number of aliphatic hydroxyl groups excluding tert-OH is 1. The Labute approximate surface area is 168 Å². The van der Waals surface area contributed by atoms with E-state index in [0.717, 1.165) is 20.8 Å². The van der Waals surface area contributed by atoms with Gasteiger partial charge in [-0.2, -0.15) is 0 Å². The predicted molar refractivity (Wildman–Crippen MR) is 116 cm³/mol. The summed E-state index contributed by atoms with van der Waals surface area (Å²) in [6.07, 6.45) is -0.540. The Kier molecular flexibility index (Phi) is 5.45. The SMILES string of the molecule is CC(SCC(O)c1ccccc1)c1nc2scc(-c3cccs3)c2c(=O)[nH]1. The zero-order valence-electron chi connectivity index (χ0n) is 14.6. The molecule has 4 aromatic rings. The molecule has 0 saturated carbocycles.